The number of benzene rings is 2. The summed E-state index contributed by atoms with van der Waals surface area (Å²) in [5, 5.41) is 5.80. The Balaban J connectivity index is 1.82. The SMILES string of the molecule is CCN(CC(=O)Nc1ccc(OC)cc1)CC(=O)NC(C)c1ccccc1. The van der Waals surface area contributed by atoms with Crippen molar-refractivity contribution >= 4 is 17.5 Å². The first kappa shape index (κ1) is 20.5. The number of amides is 2. The third kappa shape index (κ3) is 6.75. The van der Waals surface area contributed by atoms with E-state index in [0.29, 0.717) is 12.2 Å². The lowest BCUT2D eigenvalue weighted by atomic mass is 10.1. The molecular formula is C21H27N3O3. The van der Waals surface area contributed by atoms with Gasteiger partial charge < -0.3 is 15.4 Å². The highest BCUT2D eigenvalue weighted by atomic mass is 16.5. The largest absolute Gasteiger partial charge is 0.497 e. The number of likely N-dealkylation sites (N-methyl/N-ethyl adjacent to an activating group) is 1. The molecule has 2 aromatic rings. The normalized spacial score (nSPS) is 11.7. The molecule has 0 bridgehead atoms. The van der Waals surface area contributed by atoms with Crippen molar-refractivity contribution in [1.82, 2.24) is 10.2 Å². The van der Waals surface area contributed by atoms with Crippen LogP contribution >= 0.6 is 0 Å². The fraction of sp³-hybridized carbons (Fsp3) is 0.333. The lowest BCUT2D eigenvalue weighted by molar-refractivity contribution is -0.123. The molecule has 2 rings (SSSR count). The average molecular weight is 369 g/mol. The number of rotatable bonds is 9. The second-order valence-electron chi connectivity index (χ2n) is 6.28. The maximum atomic E-state index is 12.3. The molecule has 0 aliphatic heterocycles. The van der Waals surface area contributed by atoms with E-state index < -0.39 is 0 Å². The highest BCUT2D eigenvalue weighted by molar-refractivity contribution is 5.92. The molecule has 1 atom stereocenters. The number of ether oxygens (including phenoxy) is 1. The Hall–Kier alpha value is -2.86. The second-order valence-corrected chi connectivity index (χ2v) is 6.28. The van der Waals surface area contributed by atoms with Crippen LogP contribution in [0.15, 0.2) is 54.6 Å². The predicted octanol–water partition coefficient (Wildman–Crippen LogP) is 2.83. The second kappa shape index (κ2) is 10.3. The quantitative estimate of drug-likeness (QED) is 0.713. The van der Waals surface area contributed by atoms with Gasteiger partial charge >= 0.3 is 0 Å². The number of anilines is 1. The monoisotopic (exact) mass is 369 g/mol. The number of hydrogen-bond acceptors (Lipinski definition) is 4. The molecule has 0 saturated carbocycles. The minimum atomic E-state index is -0.161. The van der Waals surface area contributed by atoms with Gasteiger partial charge in [0, 0.05) is 5.69 Å². The summed E-state index contributed by atoms with van der Waals surface area (Å²) >= 11 is 0. The van der Waals surface area contributed by atoms with Gasteiger partial charge in [-0.1, -0.05) is 37.3 Å². The summed E-state index contributed by atoms with van der Waals surface area (Å²) in [5.74, 6) is 0.462. The molecule has 0 saturated heterocycles. The molecule has 0 heterocycles. The summed E-state index contributed by atoms with van der Waals surface area (Å²) < 4.78 is 5.10. The van der Waals surface area contributed by atoms with Crippen molar-refractivity contribution in [1.29, 1.82) is 0 Å². The van der Waals surface area contributed by atoms with Crippen molar-refractivity contribution in [3.05, 3.63) is 60.2 Å². The predicted molar refractivity (Wildman–Crippen MR) is 107 cm³/mol. The molecule has 0 radical (unpaired) electrons. The number of carbonyl (C=O) groups excluding carboxylic acids is 2. The van der Waals surface area contributed by atoms with E-state index in [1.165, 1.54) is 0 Å². The highest BCUT2D eigenvalue weighted by Gasteiger charge is 2.15. The molecule has 6 nitrogen and oxygen atoms in total. The summed E-state index contributed by atoms with van der Waals surface area (Å²) in [6.07, 6.45) is 0. The van der Waals surface area contributed by atoms with Crippen molar-refractivity contribution in [2.75, 3.05) is 32.1 Å². The van der Waals surface area contributed by atoms with Crippen molar-refractivity contribution < 1.29 is 14.3 Å². The zero-order chi connectivity index (χ0) is 19.6. The molecule has 0 aliphatic rings. The van der Waals surface area contributed by atoms with Gasteiger partial charge in [-0.15, -0.1) is 0 Å². The maximum Gasteiger partial charge on any atom is 0.238 e. The van der Waals surface area contributed by atoms with E-state index in [2.05, 4.69) is 10.6 Å². The van der Waals surface area contributed by atoms with Crippen LogP contribution in [0.2, 0.25) is 0 Å². The molecule has 27 heavy (non-hydrogen) atoms. The van der Waals surface area contributed by atoms with Crippen molar-refractivity contribution in [2.45, 2.75) is 19.9 Å². The maximum absolute atomic E-state index is 12.3. The van der Waals surface area contributed by atoms with Crippen LogP contribution in [0, 0.1) is 0 Å². The van der Waals surface area contributed by atoms with Gasteiger partial charge in [-0.05, 0) is 43.3 Å². The molecule has 6 heteroatoms. The topological polar surface area (TPSA) is 70.7 Å². The Labute approximate surface area is 160 Å². The Morgan fingerprint density at radius 2 is 1.63 bits per heavy atom. The molecule has 1 unspecified atom stereocenters. The summed E-state index contributed by atoms with van der Waals surface area (Å²) in [6, 6.07) is 16.8. The molecule has 0 aliphatic carbocycles. The Kier molecular flexibility index (Phi) is 7.82. The molecule has 2 N–H and O–H groups in total. The molecule has 0 spiro atoms. The Morgan fingerprint density at radius 1 is 1.00 bits per heavy atom. The fourth-order valence-corrected chi connectivity index (χ4v) is 2.67. The van der Waals surface area contributed by atoms with E-state index in [-0.39, 0.29) is 30.9 Å². The van der Waals surface area contributed by atoms with Gasteiger partial charge in [-0.25, -0.2) is 0 Å². The van der Waals surface area contributed by atoms with Crippen LogP contribution in [-0.2, 0) is 9.59 Å². The van der Waals surface area contributed by atoms with Gasteiger partial charge in [0.2, 0.25) is 11.8 Å². The number of carbonyl (C=O) groups is 2. The van der Waals surface area contributed by atoms with E-state index in [0.717, 1.165) is 11.3 Å². The lowest BCUT2D eigenvalue weighted by Crippen LogP contribution is -2.41. The lowest BCUT2D eigenvalue weighted by Gasteiger charge is -2.21. The highest BCUT2D eigenvalue weighted by Crippen LogP contribution is 2.15. The zero-order valence-corrected chi connectivity index (χ0v) is 16.1. The first-order valence-electron chi connectivity index (χ1n) is 9.02. The van der Waals surface area contributed by atoms with Gasteiger partial charge in [0.1, 0.15) is 5.75 Å². The molecule has 0 aromatic heterocycles. The Morgan fingerprint density at radius 3 is 2.22 bits per heavy atom. The molecular weight excluding hydrogens is 342 g/mol. The summed E-state index contributed by atoms with van der Waals surface area (Å²) in [7, 11) is 1.59. The van der Waals surface area contributed by atoms with Crippen LogP contribution in [0.3, 0.4) is 0 Å². The van der Waals surface area contributed by atoms with E-state index in [4.69, 9.17) is 4.74 Å². The summed E-state index contributed by atoms with van der Waals surface area (Å²) in [5.41, 5.74) is 1.74. The van der Waals surface area contributed by atoms with Gasteiger partial charge in [-0.3, -0.25) is 14.5 Å². The van der Waals surface area contributed by atoms with Crippen LogP contribution in [0.4, 0.5) is 5.69 Å². The molecule has 144 valence electrons. The van der Waals surface area contributed by atoms with Crippen LogP contribution in [-0.4, -0.2) is 43.5 Å². The fourth-order valence-electron chi connectivity index (χ4n) is 2.67. The van der Waals surface area contributed by atoms with E-state index in [1.807, 2.05) is 44.2 Å². The van der Waals surface area contributed by atoms with Crippen LogP contribution in [0.1, 0.15) is 25.5 Å². The number of methoxy groups -OCH3 is 1. The van der Waals surface area contributed by atoms with E-state index in [1.54, 1.807) is 36.3 Å². The molecule has 0 fully saturated rings. The zero-order valence-electron chi connectivity index (χ0n) is 16.1. The number of nitrogens with one attached hydrogen (secondary N) is 2. The number of hydrogen-bond donors (Lipinski definition) is 2. The van der Waals surface area contributed by atoms with E-state index >= 15 is 0 Å². The Bertz CT molecular complexity index is 732. The van der Waals surface area contributed by atoms with Crippen molar-refractivity contribution in [3.63, 3.8) is 0 Å². The minimum Gasteiger partial charge on any atom is -0.497 e. The van der Waals surface area contributed by atoms with Crippen molar-refractivity contribution in [3.8, 4) is 5.75 Å². The third-order valence-corrected chi connectivity index (χ3v) is 4.23. The van der Waals surface area contributed by atoms with E-state index in [9.17, 15) is 9.59 Å². The molecule has 2 amide bonds. The number of nitrogens with zero attached hydrogens (tertiary/aromatic N) is 1. The van der Waals surface area contributed by atoms with Crippen molar-refractivity contribution in [2.24, 2.45) is 0 Å². The standard InChI is InChI=1S/C21H27N3O3/c1-4-24(14-20(25)22-16(2)17-8-6-5-7-9-17)15-21(26)23-18-10-12-19(27-3)13-11-18/h5-13,16H,4,14-15H2,1-3H3,(H,22,25)(H,23,26). The average Bonchev–Trinajstić information content (AvgIpc) is 2.68. The van der Waals surface area contributed by atoms with Crippen LogP contribution < -0.4 is 15.4 Å². The molecule has 2 aromatic carbocycles. The third-order valence-electron chi connectivity index (χ3n) is 4.23. The van der Waals surface area contributed by atoms with Gasteiger partial charge in [0.05, 0.1) is 26.2 Å². The van der Waals surface area contributed by atoms with Gasteiger partial charge in [-0.2, -0.15) is 0 Å². The van der Waals surface area contributed by atoms with Gasteiger partial charge in [0.15, 0.2) is 0 Å². The van der Waals surface area contributed by atoms with Crippen LogP contribution in [0.5, 0.6) is 5.75 Å². The summed E-state index contributed by atoms with van der Waals surface area (Å²) in [6.45, 7) is 4.79. The van der Waals surface area contributed by atoms with Gasteiger partial charge in [0.25, 0.3) is 0 Å². The first-order chi connectivity index (χ1) is 13.0. The smallest absolute Gasteiger partial charge is 0.238 e. The van der Waals surface area contributed by atoms with Crippen LogP contribution in [0.25, 0.3) is 0 Å². The minimum absolute atomic E-state index is 0.0782. The summed E-state index contributed by atoms with van der Waals surface area (Å²) in [4.78, 5) is 26.4. The first-order valence-corrected chi connectivity index (χ1v) is 9.02.